The minimum absolute atomic E-state index is 0.0698. The molecule has 0 saturated carbocycles. The van der Waals surface area contributed by atoms with Crippen LogP contribution in [0, 0.1) is 10.1 Å². The Morgan fingerprint density at radius 1 is 1.06 bits per heavy atom. The highest BCUT2D eigenvalue weighted by Gasteiger charge is 2.13. The molecule has 0 saturated heterocycles. The van der Waals surface area contributed by atoms with Crippen molar-refractivity contribution >= 4 is 17.5 Å². The van der Waals surface area contributed by atoms with Crippen molar-refractivity contribution in [1.29, 1.82) is 0 Å². The van der Waals surface area contributed by atoms with Gasteiger partial charge in [-0.15, -0.1) is 0 Å². The molecule has 18 heavy (non-hydrogen) atoms. The summed E-state index contributed by atoms with van der Waals surface area (Å²) in [4.78, 5) is 10.7. The van der Waals surface area contributed by atoms with E-state index in [-0.39, 0.29) is 10.6 Å². The van der Waals surface area contributed by atoms with E-state index in [1.807, 2.05) is 6.07 Å². The molecule has 0 amide bonds. The Bertz CT molecular complexity index is 575. The second-order valence-electron chi connectivity index (χ2n) is 3.82. The van der Waals surface area contributed by atoms with Gasteiger partial charge in [-0.1, -0.05) is 30.3 Å². The molecule has 0 heterocycles. The van der Waals surface area contributed by atoms with Gasteiger partial charge in [0, 0.05) is 11.8 Å². The molecule has 0 spiro atoms. The Morgan fingerprint density at radius 3 is 2.22 bits per heavy atom. The van der Waals surface area contributed by atoms with E-state index < -0.39 is 0 Å². The van der Waals surface area contributed by atoms with E-state index in [2.05, 4.69) is 0 Å². The summed E-state index contributed by atoms with van der Waals surface area (Å²) in [6.07, 6.45) is 1.54. The van der Waals surface area contributed by atoms with Gasteiger partial charge < -0.3 is 5.73 Å². The number of nitrogens with two attached hydrogens (primary N) is 1. The van der Waals surface area contributed by atoms with E-state index in [4.69, 9.17) is 5.73 Å². The highest BCUT2D eigenvalue weighted by atomic mass is 16.6. The molecule has 0 aliphatic rings. The maximum Gasteiger partial charge on any atom is 0.277 e. The average Bonchev–Trinajstić information content (AvgIpc) is 2.38. The summed E-state index contributed by atoms with van der Waals surface area (Å²) < 4.78 is 0. The van der Waals surface area contributed by atoms with E-state index in [1.54, 1.807) is 48.5 Å². The second-order valence-corrected chi connectivity index (χ2v) is 3.82. The maximum absolute atomic E-state index is 11.1. The zero-order chi connectivity index (χ0) is 13.0. The van der Waals surface area contributed by atoms with E-state index in [1.165, 1.54) is 6.08 Å². The minimum atomic E-state index is -0.383. The first-order valence-electron chi connectivity index (χ1n) is 5.44. The average molecular weight is 240 g/mol. The van der Waals surface area contributed by atoms with Crippen LogP contribution < -0.4 is 5.73 Å². The van der Waals surface area contributed by atoms with Crippen molar-refractivity contribution in [3.8, 4) is 0 Å². The molecule has 0 radical (unpaired) electrons. The second kappa shape index (κ2) is 5.14. The first-order chi connectivity index (χ1) is 8.66. The van der Waals surface area contributed by atoms with Gasteiger partial charge in [0.25, 0.3) is 5.70 Å². The fraction of sp³-hybridized carbons (Fsp3) is 0. The lowest BCUT2D eigenvalue weighted by molar-refractivity contribution is -0.374. The minimum Gasteiger partial charge on any atom is -0.399 e. The van der Waals surface area contributed by atoms with Gasteiger partial charge in [0.05, 0.1) is 10.5 Å². The third-order valence-electron chi connectivity index (χ3n) is 2.51. The molecule has 2 aromatic carbocycles. The molecule has 0 atom stereocenters. The molecule has 4 nitrogen and oxygen atoms in total. The van der Waals surface area contributed by atoms with Crippen LogP contribution in [0.15, 0.2) is 54.6 Å². The van der Waals surface area contributed by atoms with Crippen LogP contribution in [0.5, 0.6) is 0 Å². The summed E-state index contributed by atoms with van der Waals surface area (Å²) in [5.41, 5.74) is 7.61. The van der Waals surface area contributed by atoms with E-state index in [0.29, 0.717) is 11.3 Å². The molecular weight excluding hydrogens is 228 g/mol. The van der Waals surface area contributed by atoms with Crippen LogP contribution in [-0.2, 0) is 0 Å². The molecular formula is C14H12N2O2. The SMILES string of the molecule is Nc1ccc(C=C(c2ccccc2)[N+](=O)[O-])cc1. The quantitative estimate of drug-likeness (QED) is 0.388. The van der Waals surface area contributed by atoms with Crippen LogP contribution in [0.3, 0.4) is 0 Å². The third-order valence-corrected chi connectivity index (χ3v) is 2.51. The summed E-state index contributed by atoms with van der Waals surface area (Å²) in [6, 6.07) is 15.7. The fourth-order valence-electron chi connectivity index (χ4n) is 1.60. The largest absolute Gasteiger partial charge is 0.399 e. The van der Waals surface area contributed by atoms with Crippen LogP contribution >= 0.6 is 0 Å². The highest BCUT2D eigenvalue weighted by molar-refractivity contribution is 5.76. The molecule has 2 N–H and O–H groups in total. The lowest BCUT2D eigenvalue weighted by atomic mass is 10.1. The van der Waals surface area contributed by atoms with Crippen molar-refractivity contribution in [3.63, 3.8) is 0 Å². The summed E-state index contributed by atoms with van der Waals surface area (Å²) in [6.45, 7) is 0. The van der Waals surface area contributed by atoms with Crippen LogP contribution in [-0.4, -0.2) is 4.92 Å². The van der Waals surface area contributed by atoms with Crippen LogP contribution in [0.1, 0.15) is 11.1 Å². The Labute approximate surface area is 105 Å². The van der Waals surface area contributed by atoms with Gasteiger partial charge in [-0.2, -0.15) is 0 Å². The number of nitrogens with zero attached hydrogens (tertiary/aromatic N) is 1. The van der Waals surface area contributed by atoms with Crippen molar-refractivity contribution in [3.05, 3.63) is 75.8 Å². The highest BCUT2D eigenvalue weighted by Crippen LogP contribution is 2.19. The van der Waals surface area contributed by atoms with Crippen LogP contribution in [0.25, 0.3) is 11.8 Å². The zero-order valence-corrected chi connectivity index (χ0v) is 9.61. The van der Waals surface area contributed by atoms with Crippen molar-refractivity contribution in [2.24, 2.45) is 0 Å². The van der Waals surface area contributed by atoms with Crippen molar-refractivity contribution in [2.45, 2.75) is 0 Å². The number of nitro groups is 1. The van der Waals surface area contributed by atoms with Gasteiger partial charge in [0.2, 0.25) is 0 Å². The van der Waals surface area contributed by atoms with Gasteiger partial charge in [-0.3, -0.25) is 10.1 Å². The monoisotopic (exact) mass is 240 g/mol. The van der Waals surface area contributed by atoms with Gasteiger partial charge in [0.1, 0.15) is 0 Å². The van der Waals surface area contributed by atoms with Gasteiger partial charge >= 0.3 is 0 Å². The Balaban J connectivity index is 2.43. The van der Waals surface area contributed by atoms with Crippen LogP contribution in [0.4, 0.5) is 5.69 Å². The maximum atomic E-state index is 11.1. The predicted octanol–water partition coefficient (Wildman–Crippen LogP) is 3.04. The van der Waals surface area contributed by atoms with Crippen LogP contribution in [0.2, 0.25) is 0 Å². The number of hydrogen-bond donors (Lipinski definition) is 1. The standard InChI is InChI=1S/C14H12N2O2/c15-13-8-6-11(7-9-13)10-14(16(17)18)12-4-2-1-3-5-12/h1-10H,15H2. The Hall–Kier alpha value is -2.62. The van der Waals surface area contributed by atoms with Crippen molar-refractivity contribution < 1.29 is 4.92 Å². The fourth-order valence-corrected chi connectivity index (χ4v) is 1.60. The Morgan fingerprint density at radius 2 is 1.67 bits per heavy atom. The van der Waals surface area contributed by atoms with Gasteiger partial charge in [-0.05, 0) is 29.8 Å². The van der Waals surface area contributed by atoms with Crippen molar-refractivity contribution in [1.82, 2.24) is 0 Å². The Kier molecular flexibility index (Phi) is 3.38. The molecule has 0 aliphatic carbocycles. The number of anilines is 1. The molecule has 0 aliphatic heterocycles. The number of rotatable bonds is 3. The summed E-state index contributed by atoms with van der Waals surface area (Å²) in [5.74, 6) is 0. The lowest BCUT2D eigenvalue weighted by Gasteiger charge is -1.99. The summed E-state index contributed by atoms with van der Waals surface area (Å²) in [7, 11) is 0. The molecule has 2 rings (SSSR count). The molecule has 2 aromatic rings. The number of hydrogen-bond acceptors (Lipinski definition) is 3. The summed E-state index contributed by atoms with van der Waals surface area (Å²) >= 11 is 0. The molecule has 4 heteroatoms. The predicted molar refractivity (Wildman–Crippen MR) is 72.2 cm³/mol. The number of benzene rings is 2. The van der Waals surface area contributed by atoms with E-state index >= 15 is 0 Å². The normalized spacial score (nSPS) is 11.2. The van der Waals surface area contributed by atoms with E-state index in [9.17, 15) is 10.1 Å². The van der Waals surface area contributed by atoms with Gasteiger partial charge in [0.15, 0.2) is 0 Å². The topological polar surface area (TPSA) is 69.2 Å². The molecule has 0 fully saturated rings. The lowest BCUT2D eigenvalue weighted by Crippen LogP contribution is -1.97. The number of nitrogen functional groups attached to an aromatic ring is 1. The molecule has 0 unspecified atom stereocenters. The smallest absolute Gasteiger partial charge is 0.277 e. The van der Waals surface area contributed by atoms with Gasteiger partial charge in [-0.25, -0.2) is 0 Å². The first-order valence-corrected chi connectivity index (χ1v) is 5.44. The van der Waals surface area contributed by atoms with E-state index in [0.717, 1.165) is 5.56 Å². The van der Waals surface area contributed by atoms with Crippen molar-refractivity contribution in [2.75, 3.05) is 5.73 Å². The molecule has 0 aromatic heterocycles. The third kappa shape index (κ3) is 2.74. The first kappa shape index (κ1) is 11.9. The zero-order valence-electron chi connectivity index (χ0n) is 9.61. The molecule has 90 valence electrons. The summed E-state index contributed by atoms with van der Waals surface area (Å²) in [5, 5.41) is 11.1. The molecule has 0 bridgehead atoms.